The van der Waals surface area contributed by atoms with Crippen LogP contribution in [0, 0.1) is 0 Å². The van der Waals surface area contributed by atoms with E-state index in [0.29, 0.717) is 20.1 Å². The van der Waals surface area contributed by atoms with E-state index in [1.165, 1.54) is 11.8 Å². The van der Waals surface area contributed by atoms with Crippen LogP contribution < -0.4 is 0 Å². The summed E-state index contributed by atoms with van der Waals surface area (Å²) in [6, 6.07) is 5.46. The number of thioether (sulfide) groups is 1. The summed E-state index contributed by atoms with van der Waals surface area (Å²) in [5, 5.41) is 1.28. The fraction of sp³-hybridized carbons (Fsp3) is 0.385. The fourth-order valence-corrected chi connectivity index (χ4v) is 2.98. The van der Waals surface area contributed by atoms with Crippen LogP contribution in [-0.2, 0) is 5.75 Å². The molecule has 0 spiro atoms. The highest BCUT2D eigenvalue weighted by Gasteiger charge is 2.08. The molecule has 0 aliphatic carbocycles. The van der Waals surface area contributed by atoms with Gasteiger partial charge in [-0.05, 0) is 17.7 Å². The standard InChI is InChI=1S/C13H17Cl2N3S2/c1-17(2)12(18(3)4)16-13(19)20-8-9-5-6-10(14)7-11(9)15/h5-7H,8H2,1-4H3. The molecule has 0 aliphatic rings. The molecule has 0 radical (unpaired) electrons. The molecule has 110 valence electrons. The normalized spacial score (nSPS) is 10.1. The smallest absolute Gasteiger partial charge is 0.202 e. The van der Waals surface area contributed by atoms with Crippen LogP contribution in [0.15, 0.2) is 23.2 Å². The van der Waals surface area contributed by atoms with E-state index in [1.54, 1.807) is 6.07 Å². The second kappa shape index (κ2) is 8.08. The maximum atomic E-state index is 6.13. The first-order chi connectivity index (χ1) is 9.31. The van der Waals surface area contributed by atoms with E-state index in [-0.39, 0.29) is 0 Å². The number of thiocarbonyl (C=S) groups is 1. The number of hydrogen-bond acceptors (Lipinski definition) is 2. The summed E-state index contributed by atoms with van der Waals surface area (Å²) in [5.74, 6) is 1.48. The van der Waals surface area contributed by atoms with Crippen molar-refractivity contribution in [1.82, 2.24) is 9.80 Å². The van der Waals surface area contributed by atoms with Crippen molar-refractivity contribution in [2.24, 2.45) is 4.99 Å². The maximum absolute atomic E-state index is 6.13. The average Bonchev–Trinajstić information content (AvgIpc) is 2.34. The summed E-state index contributed by atoms with van der Waals surface area (Å²) in [5.41, 5.74) is 0.995. The van der Waals surface area contributed by atoms with Gasteiger partial charge in [0.05, 0.1) is 0 Å². The number of guanidine groups is 1. The number of benzene rings is 1. The van der Waals surface area contributed by atoms with Crippen molar-refractivity contribution in [3.05, 3.63) is 33.8 Å². The summed E-state index contributed by atoms with van der Waals surface area (Å²) in [7, 11) is 7.73. The molecular formula is C13H17Cl2N3S2. The average molecular weight is 350 g/mol. The van der Waals surface area contributed by atoms with E-state index < -0.39 is 0 Å². The molecule has 0 aromatic heterocycles. The van der Waals surface area contributed by atoms with E-state index in [2.05, 4.69) is 4.99 Å². The minimum absolute atomic E-state index is 0.577. The van der Waals surface area contributed by atoms with E-state index in [9.17, 15) is 0 Å². The van der Waals surface area contributed by atoms with Crippen molar-refractivity contribution in [3.8, 4) is 0 Å². The predicted molar refractivity (Wildman–Crippen MR) is 95.2 cm³/mol. The molecule has 0 aliphatic heterocycles. The summed E-state index contributed by atoms with van der Waals surface area (Å²) in [6.07, 6.45) is 0. The van der Waals surface area contributed by atoms with Gasteiger partial charge >= 0.3 is 0 Å². The van der Waals surface area contributed by atoms with Crippen LogP contribution in [0.2, 0.25) is 10.0 Å². The molecule has 3 nitrogen and oxygen atoms in total. The van der Waals surface area contributed by atoms with Crippen LogP contribution in [0.25, 0.3) is 0 Å². The zero-order valence-electron chi connectivity index (χ0n) is 11.9. The predicted octanol–water partition coefficient (Wildman–Crippen LogP) is 3.99. The third-order valence-electron chi connectivity index (χ3n) is 2.36. The van der Waals surface area contributed by atoms with Crippen molar-refractivity contribution in [2.45, 2.75) is 5.75 Å². The Kier molecular flexibility index (Phi) is 7.09. The monoisotopic (exact) mass is 349 g/mol. The number of halogens is 2. The van der Waals surface area contributed by atoms with Gasteiger partial charge < -0.3 is 9.80 Å². The minimum Gasteiger partial charge on any atom is -0.349 e. The molecule has 0 amide bonds. The lowest BCUT2D eigenvalue weighted by Gasteiger charge is -2.22. The molecule has 1 aromatic rings. The van der Waals surface area contributed by atoms with Gasteiger partial charge in [0.25, 0.3) is 0 Å². The summed E-state index contributed by atoms with van der Waals surface area (Å²) in [6.45, 7) is 0. The number of nitrogens with zero attached hydrogens (tertiary/aromatic N) is 3. The van der Waals surface area contributed by atoms with Gasteiger partial charge in [-0.3, -0.25) is 0 Å². The molecule has 7 heteroatoms. The first-order valence-corrected chi connectivity index (χ1v) is 8.00. The topological polar surface area (TPSA) is 18.8 Å². The Balaban J connectivity index is 2.69. The van der Waals surface area contributed by atoms with Gasteiger partial charge in [-0.25, -0.2) is 0 Å². The van der Waals surface area contributed by atoms with Gasteiger partial charge in [0.2, 0.25) is 5.96 Å². The molecule has 0 saturated carbocycles. The molecule has 0 bridgehead atoms. The lowest BCUT2D eigenvalue weighted by Crippen LogP contribution is -2.35. The fourth-order valence-electron chi connectivity index (χ4n) is 1.49. The second-order valence-corrected chi connectivity index (χ2v) is 6.94. The van der Waals surface area contributed by atoms with Crippen molar-refractivity contribution in [3.63, 3.8) is 0 Å². The zero-order valence-corrected chi connectivity index (χ0v) is 15.0. The lowest BCUT2D eigenvalue weighted by molar-refractivity contribution is 0.485. The third kappa shape index (κ3) is 5.48. The largest absolute Gasteiger partial charge is 0.349 e. The Morgan fingerprint density at radius 3 is 2.30 bits per heavy atom. The second-order valence-electron chi connectivity index (χ2n) is 4.49. The van der Waals surface area contributed by atoms with Gasteiger partial charge in [0, 0.05) is 44.0 Å². The minimum atomic E-state index is 0.577. The number of rotatable bonds is 2. The Labute approximate surface area is 139 Å². The Bertz CT molecular complexity index is 506. The van der Waals surface area contributed by atoms with Gasteiger partial charge in [-0.15, -0.1) is 0 Å². The van der Waals surface area contributed by atoms with E-state index in [4.69, 9.17) is 35.4 Å². The summed E-state index contributed by atoms with van der Waals surface area (Å²) < 4.78 is 0.577. The molecule has 0 saturated heterocycles. The van der Waals surface area contributed by atoms with E-state index >= 15 is 0 Å². The molecule has 0 unspecified atom stereocenters. The van der Waals surface area contributed by atoms with Crippen molar-refractivity contribution in [2.75, 3.05) is 28.2 Å². The van der Waals surface area contributed by atoms with Gasteiger partial charge in [0.1, 0.15) is 0 Å². The van der Waals surface area contributed by atoms with Gasteiger partial charge in [-0.2, -0.15) is 4.99 Å². The zero-order chi connectivity index (χ0) is 15.3. The van der Waals surface area contributed by atoms with Crippen LogP contribution >= 0.6 is 47.2 Å². The summed E-state index contributed by atoms with van der Waals surface area (Å²) in [4.78, 5) is 8.27. The highest BCUT2D eigenvalue weighted by Crippen LogP contribution is 2.25. The molecule has 0 N–H and O–H groups in total. The van der Waals surface area contributed by atoms with Crippen LogP contribution in [-0.4, -0.2) is 48.3 Å². The summed E-state index contributed by atoms with van der Waals surface area (Å²) >= 11 is 18.8. The van der Waals surface area contributed by atoms with Crippen molar-refractivity contribution < 1.29 is 0 Å². The maximum Gasteiger partial charge on any atom is 0.202 e. The Hall–Kier alpha value is -0.490. The Morgan fingerprint density at radius 1 is 1.20 bits per heavy atom. The molecule has 1 aromatic carbocycles. The van der Waals surface area contributed by atoms with Gasteiger partial charge in [0.15, 0.2) is 4.32 Å². The molecule has 0 heterocycles. The lowest BCUT2D eigenvalue weighted by atomic mass is 10.2. The quantitative estimate of drug-likeness (QED) is 0.456. The number of hydrogen-bond donors (Lipinski definition) is 0. The first kappa shape index (κ1) is 17.6. The first-order valence-electron chi connectivity index (χ1n) is 5.85. The molecule has 0 atom stereocenters. The van der Waals surface area contributed by atoms with Crippen LogP contribution in [0.5, 0.6) is 0 Å². The van der Waals surface area contributed by atoms with E-state index in [1.807, 2.05) is 50.1 Å². The number of aliphatic imine (C=N–C) groups is 1. The molecule has 1 rings (SSSR count). The van der Waals surface area contributed by atoms with E-state index in [0.717, 1.165) is 11.5 Å². The van der Waals surface area contributed by atoms with Crippen LogP contribution in [0.4, 0.5) is 0 Å². The third-order valence-corrected chi connectivity index (χ3v) is 4.18. The van der Waals surface area contributed by atoms with Crippen molar-refractivity contribution >= 4 is 57.5 Å². The molecule has 20 heavy (non-hydrogen) atoms. The Morgan fingerprint density at radius 2 is 1.80 bits per heavy atom. The molecule has 0 fully saturated rings. The van der Waals surface area contributed by atoms with Crippen molar-refractivity contribution in [1.29, 1.82) is 0 Å². The SMILES string of the molecule is CN(C)C(=NC(=S)SCc1ccc(Cl)cc1Cl)N(C)C. The molecular weight excluding hydrogens is 333 g/mol. The highest BCUT2D eigenvalue weighted by molar-refractivity contribution is 8.22. The van der Waals surface area contributed by atoms with Gasteiger partial charge in [-0.1, -0.05) is 53.2 Å². The van der Waals surface area contributed by atoms with Crippen LogP contribution in [0.3, 0.4) is 0 Å². The highest BCUT2D eigenvalue weighted by atomic mass is 35.5. The van der Waals surface area contributed by atoms with Crippen LogP contribution in [0.1, 0.15) is 5.56 Å².